The van der Waals surface area contributed by atoms with Crippen molar-refractivity contribution in [3.05, 3.63) is 10.6 Å². The van der Waals surface area contributed by atoms with Crippen molar-refractivity contribution >= 4 is 27.7 Å². The maximum Gasteiger partial charge on any atom is 0.0297 e. The molecule has 0 aromatic rings. The molecule has 0 N–H and O–H groups in total. The molecule has 0 bridgehead atoms. The molecular formula is C10H16BrNS. The van der Waals surface area contributed by atoms with Gasteiger partial charge < -0.3 is 0 Å². The average molecular weight is 262 g/mol. The number of thioether (sulfide) groups is 1. The van der Waals surface area contributed by atoms with Crippen LogP contribution in [-0.4, -0.2) is 35.5 Å². The van der Waals surface area contributed by atoms with E-state index in [9.17, 15) is 0 Å². The van der Waals surface area contributed by atoms with Crippen LogP contribution in [0.1, 0.15) is 19.3 Å². The van der Waals surface area contributed by atoms with Crippen LogP contribution < -0.4 is 0 Å². The second-order valence-electron chi connectivity index (χ2n) is 4.04. The molecule has 1 heterocycles. The summed E-state index contributed by atoms with van der Waals surface area (Å²) in [6.45, 7) is 3.66. The van der Waals surface area contributed by atoms with Gasteiger partial charge in [0.2, 0.25) is 0 Å². The predicted octanol–water partition coefficient (Wildman–Crippen LogP) is 2.87. The Bertz CT molecular complexity index is 223. The van der Waals surface area contributed by atoms with Gasteiger partial charge >= 0.3 is 0 Å². The van der Waals surface area contributed by atoms with Crippen LogP contribution in [0.4, 0.5) is 0 Å². The van der Waals surface area contributed by atoms with Gasteiger partial charge in [0.15, 0.2) is 0 Å². The Morgan fingerprint density at radius 1 is 1.62 bits per heavy atom. The summed E-state index contributed by atoms with van der Waals surface area (Å²) in [4.78, 5) is 2.58. The van der Waals surface area contributed by atoms with Crippen LogP contribution in [0, 0.1) is 0 Å². The molecule has 2 rings (SSSR count). The van der Waals surface area contributed by atoms with E-state index in [4.69, 9.17) is 0 Å². The summed E-state index contributed by atoms with van der Waals surface area (Å²) in [6, 6.07) is 0. The first-order chi connectivity index (χ1) is 6.24. The largest absolute Gasteiger partial charge is 0.297 e. The van der Waals surface area contributed by atoms with Crippen LogP contribution in [-0.2, 0) is 0 Å². The second-order valence-corrected chi connectivity index (χ2v) is 6.33. The van der Waals surface area contributed by atoms with Gasteiger partial charge in [0, 0.05) is 28.9 Å². The summed E-state index contributed by atoms with van der Waals surface area (Å²) >= 11 is 5.65. The Morgan fingerprint density at radius 2 is 2.38 bits per heavy atom. The highest BCUT2D eigenvalue weighted by Crippen LogP contribution is 2.47. The van der Waals surface area contributed by atoms with Crippen molar-refractivity contribution in [2.45, 2.75) is 24.0 Å². The van der Waals surface area contributed by atoms with E-state index in [0.717, 1.165) is 6.54 Å². The normalized spacial score (nSPS) is 27.1. The number of halogens is 1. The minimum atomic E-state index is 0.630. The lowest BCUT2D eigenvalue weighted by Gasteiger charge is -2.28. The Morgan fingerprint density at radius 3 is 2.92 bits per heavy atom. The Balaban J connectivity index is 1.85. The van der Waals surface area contributed by atoms with Crippen LogP contribution >= 0.6 is 27.7 Å². The third-order valence-corrected chi connectivity index (χ3v) is 4.92. The van der Waals surface area contributed by atoms with E-state index < -0.39 is 0 Å². The Labute approximate surface area is 93.1 Å². The molecular weight excluding hydrogens is 246 g/mol. The van der Waals surface area contributed by atoms with E-state index in [1.165, 1.54) is 36.8 Å². The maximum atomic E-state index is 3.59. The van der Waals surface area contributed by atoms with Gasteiger partial charge in [-0.05, 0) is 25.5 Å². The molecule has 13 heavy (non-hydrogen) atoms. The molecule has 1 aliphatic heterocycles. The van der Waals surface area contributed by atoms with E-state index in [-0.39, 0.29) is 0 Å². The van der Waals surface area contributed by atoms with Crippen LogP contribution in [0.15, 0.2) is 10.6 Å². The molecule has 0 spiro atoms. The molecule has 0 radical (unpaired) electrons. The molecule has 1 aliphatic carbocycles. The summed E-state index contributed by atoms with van der Waals surface area (Å²) in [5.74, 6) is 0. The lowest BCUT2D eigenvalue weighted by Crippen LogP contribution is -2.35. The average Bonchev–Trinajstić information content (AvgIpc) is 2.86. The highest BCUT2D eigenvalue weighted by Gasteiger charge is 2.43. The van der Waals surface area contributed by atoms with E-state index in [1.54, 1.807) is 0 Å². The first kappa shape index (κ1) is 10.1. The fourth-order valence-corrected chi connectivity index (χ4v) is 3.28. The summed E-state index contributed by atoms with van der Waals surface area (Å²) in [5.41, 5.74) is 0. The fourth-order valence-electron chi connectivity index (χ4n) is 1.87. The van der Waals surface area contributed by atoms with Gasteiger partial charge in [-0.25, -0.2) is 0 Å². The molecule has 1 nitrogen and oxygen atoms in total. The maximum absolute atomic E-state index is 3.59. The van der Waals surface area contributed by atoms with Gasteiger partial charge in [-0.2, -0.15) is 11.8 Å². The monoisotopic (exact) mass is 261 g/mol. The van der Waals surface area contributed by atoms with Gasteiger partial charge in [0.25, 0.3) is 0 Å². The quantitative estimate of drug-likeness (QED) is 0.769. The zero-order valence-corrected chi connectivity index (χ0v) is 10.5. The standard InChI is InChI=1S/C10H16BrNS/c1-13-10(4-5-10)8-12-6-2-3-9(11)7-12/h3H,2,4-8H2,1H3. The van der Waals surface area contributed by atoms with Gasteiger partial charge in [-0.3, -0.25) is 4.90 Å². The van der Waals surface area contributed by atoms with E-state index in [1.807, 2.05) is 0 Å². The summed E-state index contributed by atoms with van der Waals surface area (Å²) in [6.07, 6.45) is 8.61. The first-order valence-corrected chi connectivity index (χ1v) is 6.88. The van der Waals surface area contributed by atoms with Crippen molar-refractivity contribution in [2.75, 3.05) is 25.9 Å². The second kappa shape index (κ2) is 3.95. The van der Waals surface area contributed by atoms with E-state index in [0.29, 0.717) is 4.75 Å². The van der Waals surface area contributed by atoms with Crippen LogP contribution in [0.3, 0.4) is 0 Å². The smallest absolute Gasteiger partial charge is 0.0297 e. The SMILES string of the molecule is CSC1(CN2CCC=C(Br)C2)CC1. The highest BCUT2D eigenvalue weighted by molar-refractivity contribution is 9.11. The molecule has 0 saturated heterocycles. The number of hydrogen-bond acceptors (Lipinski definition) is 2. The molecule has 1 fully saturated rings. The minimum Gasteiger partial charge on any atom is -0.297 e. The van der Waals surface area contributed by atoms with Gasteiger partial charge in [0.1, 0.15) is 0 Å². The number of rotatable bonds is 3. The van der Waals surface area contributed by atoms with Crippen molar-refractivity contribution in [3.8, 4) is 0 Å². The third kappa shape index (κ3) is 2.51. The van der Waals surface area contributed by atoms with Crippen LogP contribution in [0.2, 0.25) is 0 Å². The summed E-state index contributed by atoms with van der Waals surface area (Å²) in [7, 11) is 0. The molecule has 0 amide bonds. The van der Waals surface area contributed by atoms with Gasteiger partial charge in [-0.15, -0.1) is 0 Å². The van der Waals surface area contributed by atoms with Crippen molar-refractivity contribution in [2.24, 2.45) is 0 Å². The number of hydrogen-bond donors (Lipinski definition) is 0. The van der Waals surface area contributed by atoms with Crippen molar-refractivity contribution in [1.29, 1.82) is 0 Å². The highest BCUT2D eigenvalue weighted by atomic mass is 79.9. The first-order valence-electron chi connectivity index (χ1n) is 4.86. The van der Waals surface area contributed by atoms with Crippen molar-refractivity contribution < 1.29 is 0 Å². The van der Waals surface area contributed by atoms with Gasteiger partial charge in [-0.1, -0.05) is 22.0 Å². The lowest BCUT2D eigenvalue weighted by molar-refractivity contribution is 0.293. The fraction of sp³-hybridized carbons (Fsp3) is 0.800. The molecule has 0 aromatic carbocycles. The van der Waals surface area contributed by atoms with E-state index >= 15 is 0 Å². The molecule has 2 aliphatic rings. The van der Waals surface area contributed by atoms with Crippen LogP contribution in [0.25, 0.3) is 0 Å². The van der Waals surface area contributed by atoms with Crippen LogP contribution in [0.5, 0.6) is 0 Å². The van der Waals surface area contributed by atoms with Crippen molar-refractivity contribution in [1.82, 2.24) is 4.90 Å². The number of nitrogens with zero attached hydrogens (tertiary/aromatic N) is 1. The summed E-state index contributed by atoms with van der Waals surface area (Å²) in [5, 5.41) is 0. The topological polar surface area (TPSA) is 3.24 Å². The molecule has 3 heteroatoms. The van der Waals surface area contributed by atoms with Crippen molar-refractivity contribution in [3.63, 3.8) is 0 Å². The van der Waals surface area contributed by atoms with E-state index in [2.05, 4.69) is 44.9 Å². The van der Waals surface area contributed by atoms with Gasteiger partial charge in [0.05, 0.1) is 0 Å². The summed E-state index contributed by atoms with van der Waals surface area (Å²) < 4.78 is 2.00. The molecule has 1 saturated carbocycles. The minimum absolute atomic E-state index is 0.630. The zero-order valence-electron chi connectivity index (χ0n) is 8.05. The Kier molecular flexibility index (Phi) is 3.06. The molecule has 0 atom stereocenters. The Hall–Kier alpha value is 0.530. The third-order valence-electron chi connectivity index (χ3n) is 2.94. The molecule has 0 unspecified atom stereocenters. The predicted molar refractivity (Wildman–Crippen MR) is 63.5 cm³/mol. The molecule has 0 aromatic heterocycles. The molecule has 74 valence electrons. The lowest BCUT2D eigenvalue weighted by atomic mass is 10.2. The zero-order chi connectivity index (χ0) is 9.31.